The predicted molar refractivity (Wildman–Crippen MR) is 228 cm³/mol. The van der Waals surface area contributed by atoms with Crippen molar-refractivity contribution >= 4 is 77.7 Å². The van der Waals surface area contributed by atoms with Gasteiger partial charge in [0.1, 0.15) is 0 Å². The molecule has 0 aliphatic carbocycles. The zero-order chi connectivity index (χ0) is 43.0. The molecule has 0 spiro atoms. The first kappa shape index (κ1) is 42.1. The highest BCUT2D eigenvalue weighted by atomic mass is 32.2. The van der Waals surface area contributed by atoms with E-state index < -0.39 is 43.7 Å². The number of amides is 4. The van der Waals surface area contributed by atoms with Crippen LogP contribution in [0.1, 0.15) is 79.6 Å². The number of nitrogens with zero attached hydrogens (tertiary/aromatic N) is 8. The van der Waals surface area contributed by atoms with Gasteiger partial charge in [0.25, 0.3) is 23.6 Å². The molecule has 0 bridgehead atoms. The molecular weight excluding hydrogens is 849 g/mol. The Bertz CT molecular complexity index is 2490. The summed E-state index contributed by atoms with van der Waals surface area (Å²) in [6.07, 6.45) is 4.05. The van der Waals surface area contributed by atoms with Crippen molar-refractivity contribution in [2.24, 2.45) is 11.8 Å². The summed E-state index contributed by atoms with van der Waals surface area (Å²) in [5, 5.41) is 3.65. The fraction of sp³-hybridized carbons (Fsp3) is 0.450. The topological polar surface area (TPSA) is 182 Å². The maximum absolute atomic E-state index is 14.1. The number of rotatable bonds is 9. The second kappa shape index (κ2) is 15.7. The molecule has 318 valence electrons. The largest absolute Gasteiger partial charge is 0.306 e. The van der Waals surface area contributed by atoms with Crippen LogP contribution >= 0.6 is 22.7 Å². The van der Waals surface area contributed by atoms with Crippen LogP contribution in [-0.4, -0.2) is 108 Å². The van der Waals surface area contributed by atoms with Gasteiger partial charge >= 0.3 is 0 Å². The van der Waals surface area contributed by atoms with Crippen molar-refractivity contribution in [3.8, 4) is 11.1 Å². The minimum atomic E-state index is -3.86. The zero-order valence-electron chi connectivity index (χ0n) is 34.2. The second-order valence-corrected chi connectivity index (χ2v) is 21.9. The van der Waals surface area contributed by atoms with Crippen LogP contribution in [0.25, 0.3) is 11.1 Å². The number of aromatic nitrogens is 2. The molecular formula is C40H46N8O8S4. The van der Waals surface area contributed by atoms with Gasteiger partial charge in [-0.15, -0.1) is 22.7 Å². The number of carbonyl (C=O) groups excluding carboxylic acids is 4. The quantitative estimate of drug-likeness (QED) is 0.235. The molecule has 0 saturated heterocycles. The van der Waals surface area contributed by atoms with Crippen molar-refractivity contribution < 1.29 is 36.0 Å². The summed E-state index contributed by atoms with van der Waals surface area (Å²) < 4.78 is 52.3. The molecule has 0 saturated carbocycles. The summed E-state index contributed by atoms with van der Waals surface area (Å²) in [7, 11) is -7.72. The van der Waals surface area contributed by atoms with Crippen molar-refractivity contribution in [3.63, 3.8) is 0 Å². The van der Waals surface area contributed by atoms with Gasteiger partial charge in [0, 0.05) is 72.0 Å². The van der Waals surface area contributed by atoms with Crippen LogP contribution in [0.2, 0.25) is 0 Å². The van der Waals surface area contributed by atoms with Crippen molar-refractivity contribution in [2.45, 2.75) is 66.5 Å². The Morgan fingerprint density at radius 3 is 1.33 bits per heavy atom. The average Bonchev–Trinajstić information content (AvgIpc) is 4.00. The normalized spacial score (nSPS) is 16.8. The molecule has 60 heavy (non-hydrogen) atoms. The summed E-state index contributed by atoms with van der Waals surface area (Å²) in [6, 6.07) is 11.8. The number of thiazole rings is 2. The van der Waals surface area contributed by atoms with Crippen molar-refractivity contribution in [1.82, 2.24) is 28.8 Å². The number of fused-ring (bicyclic) bond motifs is 4. The Hall–Kier alpha value is -4.60. The van der Waals surface area contributed by atoms with Crippen LogP contribution in [0.3, 0.4) is 0 Å². The molecule has 4 aliphatic rings. The first-order chi connectivity index (χ1) is 28.3. The minimum Gasteiger partial charge on any atom is -0.306 e. The van der Waals surface area contributed by atoms with Gasteiger partial charge in [-0.2, -0.15) is 18.8 Å². The van der Waals surface area contributed by atoms with Crippen LogP contribution in [0.15, 0.2) is 36.4 Å². The summed E-state index contributed by atoms with van der Waals surface area (Å²) >= 11 is 2.45. The zero-order valence-corrected chi connectivity index (χ0v) is 37.4. The number of anilines is 2. The van der Waals surface area contributed by atoms with Crippen LogP contribution in [0.5, 0.6) is 0 Å². The van der Waals surface area contributed by atoms with Gasteiger partial charge in [-0.1, -0.05) is 52.0 Å². The van der Waals surface area contributed by atoms with Gasteiger partial charge in [-0.05, 0) is 47.2 Å². The van der Waals surface area contributed by atoms with Gasteiger partial charge in [0.15, 0.2) is 10.0 Å². The maximum Gasteiger partial charge on any atom is 0.287 e. The number of sulfonamides is 2. The lowest BCUT2D eigenvalue weighted by Gasteiger charge is -2.35. The van der Waals surface area contributed by atoms with Crippen molar-refractivity contribution in [1.29, 1.82) is 0 Å². The summed E-state index contributed by atoms with van der Waals surface area (Å²) in [6.45, 7) is 8.38. The Morgan fingerprint density at radius 1 is 0.600 bits per heavy atom. The van der Waals surface area contributed by atoms with E-state index in [9.17, 15) is 36.0 Å². The fourth-order valence-electron chi connectivity index (χ4n) is 8.35. The standard InChI is InChI=1S/C40H46N8O8S4/c1-23(2)37(49)47(59(5,53)54)43-17-15-29-33(21-43)57-35(41-29)39(51)45-19-13-27-25(9-7-11-31(27)45)26-10-8-12-32-28(26)14-20-46(32)40(52)36-42-30-16-18-44(22-34(30)58-36)48(60(6,55)56)38(50)24(3)4/h7-12,23-24H,13-22H2,1-6H3. The van der Waals surface area contributed by atoms with E-state index in [1.165, 1.54) is 32.7 Å². The van der Waals surface area contributed by atoms with E-state index in [2.05, 4.69) is 0 Å². The Labute approximate surface area is 357 Å². The van der Waals surface area contributed by atoms with E-state index in [0.717, 1.165) is 76.1 Å². The molecule has 0 fully saturated rings. The molecule has 2 aromatic heterocycles. The van der Waals surface area contributed by atoms with E-state index in [0.29, 0.717) is 48.8 Å². The fourth-order valence-corrected chi connectivity index (χ4v) is 12.7. The maximum atomic E-state index is 14.1. The molecule has 0 unspecified atom stereocenters. The highest BCUT2D eigenvalue weighted by molar-refractivity contribution is 7.89. The van der Waals surface area contributed by atoms with Crippen LogP contribution < -0.4 is 9.80 Å². The molecule has 20 heteroatoms. The Balaban J connectivity index is 1.01. The number of hydrazine groups is 2. The van der Waals surface area contributed by atoms with Crippen molar-refractivity contribution in [3.05, 3.63) is 78.7 Å². The number of hydrogen-bond donors (Lipinski definition) is 0. The van der Waals surface area contributed by atoms with E-state index in [-0.39, 0.29) is 38.0 Å². The lowest BCUT2D eigenvalue weighted by molar-refractivity contribution is -0.142. The third-order valence-corrected chi connectivity index (χ3v) is 15.3. The molecule has 16 nitrogen and oxygen atoms in total. The van der Waals surface area contributed by atoms with Gasteiger partial charge in [-0.3, -0.25) is 19.2 Å². The monoisotopic (exact) mass is 894 g/mol. The summed E-state index contributed by atoms with van der Waals surface area (Å²) in [5.74, 6) is -2.54. The summed E-state index contributed by atoms with van der Waals surface area (Å²) in [5.41, 5.74) is 7.03. The van der Waals surface area contributed by atoms with E-state index in [1.54, 1.807) is 37.5 Å². The Morgan fingerprint density at radius 2 is 0.983 bits per heavy atom. The van der Waals surface area contributed by atoms with Gasteiger partial charge in [0.05, 0.1) is 37.0 Å². The molecule has 0 N–H and O–H groups in total. The SMILES string of the molecule is CC(C)C(=O)N(N1CCc2nc(C(=O)N3CCc4c(-c5cccc6c5CCN6C(=O)c5nc6c(s5)CN(N(C(=O)C(C)C)S(C)(=O)=O)CC6)cccc43)sc2C1)S(C)(=O)=O. The van der Waals surface area contributed by atoms with Crippen LogP contribution in [0, 0.1) is 11.8 Å². The lowest BCUT2D eigenvalue weighted by Crippen LogP contribution is -2.52. The molecule has 4 aromatic rings. The molecule has 6 heterocycles. The van der Waals surface area contributed by atoms with E-state index in [4.69, 9.17) is 9.97 Å². The first-order valence-corrected chi connectivity index (χ1v) is 25.1. The second-order valence-electron chi connectivity index (χ2n) is 16.1. The molecule has 4 aliphatic heterocycles. The minimum absolute atomic E-state index is 0.152. The molecule has 0 radical (unpaired) electrons. The highest BCUT2D eigenvalue weighted by Crippen LogP contribution is 2.43. The molecule has 0 atom stereocenters. The average molecular weight is 895 g/mol. The molecule has 2 aromatic carbocycles. The predicted octanol–water partition coefficient (Wildman–Crippen LogP) is 4.11. The smallest absolute Gasteiger partial charge is 0.287 e. The van der Waals surface area contributed by atoms with Crippen molar-refractivity contribution in [2.75, 3.05) is 48.5 Å². The third-order valence-electron chi connectivity index (χ3n) is 11.1. The molecule has 8 rings (SSSR count). The van der Waals surface area contributed by atoms with Gasteiger partial charge in [0.2, 0.25) is 20.0 Å². The van der Waals surface area contributed by atoms with Crippen LogP contribution in [0.4, 0.5) is 11.4 Å². The number of carbonyl (C=O) groups is 4. The molecule has 4 amide bonds. The lowest BCUT2D eigenvalue weighted by atomic mass is 9.93. The van der Waals surface area contributed by atoms with E-state index in [1.807, 2.05) is 36.4 Å². The highest BCUT2D eigenvalue weighted by Gasteiger charge is 2.39. The number of hydrogen-bond acceptors (Lipinski definition) is 14. The first-order valence-electron chi connectivity index (χ1n) is 19.8. The van der Waals surface area contributed by atoms with Gasteiger partial charge < -0.3 is 9.80 Å². The van der Waals surface area contributed by atoms with Crippen LogP contribution in [-0.2, 0) is 68.4 Å². The number of benzene rings is 2. The summed E-state index contributed by atoms with van der Waals surface area (Å²) in [4.78, 5) is 68.4. The Kier molecular flexibility index (Phi) is 11.0. The third kappa shape index (κ3) is 7.55. The van der Waals surface area contributed by atoms with E-state index >= 15 is 0 Å². The van der Waals surface area contributed by atoms with Gasteiger partial charge in [-0.25, -0.2) is 26.8 Å².